The topological polar surface area (TPSA) is 75.9 Å². The van der Waals surface area contributed by atoms with E-state index in [1.165, 1.54) is 17.5 Å². The van der Waals surface area contributed by atoms with Gasteiger partial charge in [-0.3, -0.25) is 0 Å². The molecular weight excluding hydrogens is 262 g/mol. The van der Waals surface area contributed by atoms with Crippen molar-refractivity contribution in [3.05, 3.63) is 35.7 Å². The Morgan fingerprint density at radius 1 is 1.14 bits per heavy atom. The van der Waals surface area contributed by atoms with Gasteiger partial charge in [-0.25, -0.2) is 9.97 Å². The molecule has 0 bridgehead atoms. The number of benzene rings is 1. The molecule has 0 saturated carbocycles. The number of hydrogen-bond donors (Lipinski definition) is 3. The normalized spacial score (nSPS) is 12.0. The predicted molar refractivity (Wildman–Crippen MR) is 89.0 cm³/mol. The number of nitrogens with zero attached hydrogens (tertiary/aromatic N) is 2. The van der Waals surface area contributed by atoms with E-state index in [0.29, 0.717) is 23.4 Å². The lowest BCUT2D eigenvalue weighted by atomic mass is 10.1. The van der Waals surface area contributed by atoms with E-state index in [2.05, 4.69) is 60.4 Å². The number of hydrogen-bond acceptors (Lipinski definition) is 5. The molecule has 1 aromatic carbocycles. The molecule has 2 aromatic rings. The highest BCUT2D eigenvalue weighted by molar-refractivity contribution is 5.77. The Morgan fingerprint density at radius 2 is 1.86 bits per heavy atom. The van der Waals surface area contributed by atoms with Crippen molar-refractivity contribution in [2.75, 3.05) is 16.4 Å². The van der Waals surface area contributed by atoms with Gasteiger partial charge < -0.3 is 16.4 Å². The summed E-state index contributed by atoms with van der Waals surface area (Å²) in [6, 6.07) is 6.49. The van der Waals surface area contributed by atoms with E-state index in [9.17, 15) is 0 Å². The van der Waals surface area contributed by atoms with Crippen LogP contribution in [0.25, 0.3) is 0 Å². The van der Waals surface area contributed by atoms with E-state index in [1.807, 2.05) is 6.07 Å². The molecule has 0 fully saturated rings. The maximum Gasteiger partial charge on any atom is 0.159 e. The first-order chi connectivity index (χ1) is 10.0. The minimum absolute atomic E-state index is 0.316. The molecule has 1 aromatic heterocycles. The average Bonchev–Trinajstić information content (AvgIpc) is 2.47. The summed E-state index contributed by atoms with van der Waals surface area (Å²) in [5.41, 5.74) is 10.1. The van der Waals surface area contributed by atoms with Gasteiger partial charge in [-0.15, -0.1) is 0 Å². The largest absolute Gasteiger partial charge is 0.393 e. The summed E-state index contributed by atoms with van der Waals surface area (Å²) in [6.45, 7) is 8.38. The summed E-state index contributed by atoms with van der Waals surface area (Å²) in [6.07, 6.45) is 2.52. The van der Waals surface area contributed by atoms with Crippen molar-refractivity contribution < 1.29 is 0 Å². The predicted octanol–water partition coefficient (Wildman–Crippen LogP) is 3.63. The minimum Gasteiger partial charge on any atom is -0.393 e. The highest BCUT2D eigenvalue weighted by atomic mass is 15.1. The summed E-state index contributed by atoms with van der Waals surface area (Å²) in [5, 5.41) is 6.55. The molecule has 1 atom stereocenters. The zero-order chi connectivity index (χ0) is 15.4. The first-order valence-corrected chi connectivity index (χ1v) is 7.22. The Bertz CT molecular complexity index is 624. The molecule has 0 amide bonds. The third kappa shape index (κ3) is 3.62. The lowest BCUT2D eigenvalue weighted by Gasteiger charge is -2.16. The van der Waals surface area contributed by atoms with Gasteiger partial charge in [-0.05, 0) is 50.5 Å². The fraction of sp³-hybridized carbons (Fsp3) is 0.375. The van der Waals surface area contributed by atoms with Crippen LogP contribution in [0.5, 0.6) is 0 Å². The summed E-state index contributed by atoms with van der Waals surface area (Å²) < 4.78 is 0. The summed E-state index contributed by atoms with van der Waals surface area (Å²) in [5.74, 6) is 1.30. The van der Waals surface area contributed by atoms with Crippen LogP contribution in [-0.2, 0) is 0 Å². The van der Waals surface area contributed by atoms with Crippen LogP contribution < -0.4 is 16.4 Å². The van der Waals surface area contributed by atoms with Crippen LogP contribution >= 0.6 is 0 Å². The highest BCUT2D eigenvalue weighted by Gasteiger charge is 2.10. The second kappa shape index (κ2) is 6.43. The maximum absolute atomic E-state index is 6.15. The van der Waals surface area contributed by atoms with Crippen molar-refractivity contribution in [2.24, 2.45) is 0 Å². The molecule has 1 heterocycles. The van der Waals surface area contributed by atoms with Crippen molar-refractivity contribution in [1.82, 2.24) is 9.97 Å². The van der Waals surface area contributed by atoms with Crippen LogP contribution in [0.3, 0.4) is 0 Å². The SMILES string of the molecule is CCC(C)Nc1ncnc(Nc2ccc(C)c(C)c2)c1N. The molecule has 21 heavy (non-hydrogen) atoms. The van der Waals surface area contributed by atoms with Gasteiger partial charge in [0.1, 0.15) is 12.0 Å². The second-order valence-electron chi connectivity index (χ2n) is 5.36. The van der Waals surface area contributed by atoms with E-state index in [-0.39, 0.29) is 0 Å². The molecule has 5 heteroatoms. The van der Waals surface area contributed by atoms with Crippen LogP contribution in [0.1, 0.15) is 31.4 Å². The van der Waals surface area contributed by atoms with Crippen molar-refractivity contribution in [3.8, 4) is 0 Å². The zero-order valence-electron chi connectivity index (χ0n) is 13.1. The van der Waals surface area contributed by atoms with Gasteiger partial charge >= 0.3 is 0 Å². The first-order valence-electron chi connectivity index (χ1n) is 7.22. The lowest BCUT2D eigenvalue weighted by molar-refractivity contribution is 0.759. The third-order valence-corrected chi connectivity index (χ3v) is 3.65. The molecule has 0 aliphatic heterocycles. The Labute approximate surface area is 126 Å². The highest BCUT2D eigenvalue weighted by Crippen LogP contribution is 2.27. The molecule has 0 saturated heterocycles. The molecule has 0 radical (unpaired) electrons. The van der Waals surface area contributed by atoms with Crippen LogP contribution in [0.2, 0.25) is 0 Å². The molecule has 5 nitrogen and oxygen atoms in total. The van der Waals surface area contributed by atoms with Crippen molar-refractivity contribution in [3.63, 3.8) is 0 Å². The van der Waals surface area contributed by atoms with Gasteiger partial charge in [0.25, 0.3) is 0 Å². The average molecular weight is 285 g/mol. The first kappa shape index (κ1) is 15.1. The van der Waals surface area contributed by atoms with Crippen molar-refractivity contribution in [1.29, 1.82) is 0 Å². The van der Waals surface area contributed by atoms with Gasteiger partial charge in [0.2, 0.25) is 0 Å². The summed E-state index contributed by atoms with van der Waals surface area (Å²) in [7, 11) is 0. The van der Waals surface area contributed by atoms with E-state index in [0.717, 1.165) is 12.1 Å². The molecular formula is C16H23N5. The summed E-state index contributed by atoms with van der Waals surface area (Å²) >= 11 is 0. The van der Waals surface area contributed by atoms with Crippen LogP contribution in [0, 0.1) is 13.8 Å². The molecule has 0 spiro atoms. The Kier molecular flexibility index (Phi) is 4.62. The van der Waals surface area contributed by atoms with Crippen molar-refractivity contribution >= 4 is 23.0 Å². The molecule has 1 unspecified atom stereocenters. The molecule has 112 valence electrons. The number of nitrogens with two attached hydrogens (primary N) is 1. The second-order valence-corrected chi connectivity index (χ2v) is 5.36. The number of aryl methyl sites for hydroxylation is 2. The molecule has 2 rings (SSSR count). The van der Waals surface area contributed by atoms with E-state index in [1.54, 1.807) is 0 Å². The smallest absolute Gasteiger partial charge is 0.159 e. The zero-order valence-corrected chi connectivity index (χ0v) is 13.1. The number of aromatic nitrogens is 2. The number of nitrogen functional groups attached to an aromatic ring is 1. The number of nitrogens with one attached hydrogen (secondary N) is 2. The monoisotopic (exact) mass is 285 g/mol. The Hall–Kier alpha value is -2.30. The third-order valence-electron chi connectivity index (χ3n) is 3.65. The van der Waals surface area contributed by atoms with Crippen molar-refractivity contribution in [2.45, 2.75) is 40.2 Å². The van der Waals surface area contributed by atoms with Gasteiger partial charge in [-0.2, -0.15) is 0 Å². The lowest BCUT2D eigenvalue weighted by Crippen LogP contribution is -2.16. The fourth-order valence-electron chi connectivity index (χ4n) is 1.90. The quantitative estimate of drug-likeness (QED) is 0.782. The van der Waals surface area contributed by atoms with Crippen LogP contribution in [0.15, 0.2) is 24.5 Å². The molecule has 0 aliphatic carbocycles. The molecule has 4 N–H and O–H groups in total. The van der Waals surface area contributed by atoms with Gasteiger partial charge in [-0.1, -0.05) is 13.0 Å². The Morgan fingerprint density at radius 3 is 2.52 bits per heavy atom. The van der Waals surface area contributed by atoms with Gasteiger partial charge in [0.15, 0.2) is 11.6 Å². The maximum atomic E-state index is 6.15. The number of rotatable bonds is 5. The minimum atomic E-state index is 0.316. The van der Waals surface area contributed by atoms with E-state index >= 15 is 0 Å². The standard InChI is InChI=1S/C16H23N5/c1-5-12(4)20-15-14(17)16(19-9-18-15)21-13-7-6-10(2)11(3)8-13/h6-9,12H,5,17H2,1-4H3,(H2,18,19,20,21). The Balaban J connectivity index is 2.23. The van der Waals surface area contributed by atoms with Gasteiger partial charge in [0.05, 0.1) is 0 Å². The van der Waals surface area contributed by atoms with E-state index in [4.69, 9.17) is 5.73 Å². The fourth-order valence-corrected chi connectivity index (χ4v) is 1.90. The van der Waals surface area contributed by atoms with Crippen LogP contribution in [-0.4, -0.2) is 16.0 Å². The number of anilines is 4. The van der Waals surface area contributed by atoms with Gasteiger partial charge in [0, 0.05) is 11.7 Å². The van der Waals surface area contributed by atoms with E-state index < -0.39 is 0 Å². The summed E-state index contributed by atoms with van der Waals surface area (Å²) in [4.78, 5) is 8.45. The van der Waals surface area contributed by atoms with Crippen LogP contribution in [0.4, 0.5) is 23.0 Å². The molecule has 0 aliphatic rings.